The second kappa shape index (κ2) is 6.94. The average Bonchev–Trinajstić information content (AvgIpc) is 2.46. The van der Waals surface area contributed by atoms with E-state index in [0.29, 0.717) is 30.2 Å². The highest BCUT2D eigenvalue weighted by molar-refractivity contribution is 5.89. The topological polar surface area (TPSA) is 41.6 Å². The van der Waals surface area contributed by atoms with Gasteiger partial charge in [0.1, 0.15) is 0 Å². The van der Waals surface area contributed by atoms with Gasteiger partial charge in [0, 0.05) is 24.3 Å². The van der Waals surface area contributed by atoms with E-state index in [0.717, 1.165) is 18.7 Å². The van der Waals surface area contributed by atoms with Crippen LogP contribution in [0.4, 0.5) is 5.69 Å². The van der Waals surface area contributed by atoms with E-state index in [1.807, 2.05) is 31.2 Å². The molecule has 1 aromatic rings. The largest absolute Gasteiger partial charge is 0.462 e. The summed E-state index contributed by atoms with van der Waals surface area (Å²) in [5, 5.41) is 3.60. The molecule has 0 aromatic heterocycles. The zero-order valence-electron chi connectivity index (χ0n) is 13.4. The summed E-state index contributed by atoms with van der Waals surface area (Å²) in [5.41, 5.74) is 1.67. The summed E-state index contributed by atoms with van der Waals surface area (Å²) >= 11 is 0. The van der Waals surface area contributed by atoms with Crippen molar-refractivity contribution in [1.82, 2.24) is 4.90 Å². The molecule has 3 unspecified atom stereocenters. The zero-order valence-corrected chi connectivity index (χ0v) is 13.4. The number of esters is 1. The van der Waals surface area contributed by atoms with Gasteiger partial charge in [0.15, 0.2) is 0 Å². The Kier molecular flexibility index (Phi) is 5.23. The van der Waals surface area contributed by atoms with Gasteiger partial charge < -0.3 is 15.0 Å². The van der Waals surface area contributed by atoms with Crippen LogP contribution in [0.5, 0.6) is 0 Å². The summed E-state index contributed by atoms with van der Waals surface area (Å²) in [4.78, 5) is 14.0. The highest BCUT2D eigenvalue weighted by Gasteiger charge is 2.28. The van der Waals surface area contributed by atoms with Crippen molar-refractivity contribution in [1.29, 1.82) is 0 Å². The quantitative estimate of drug-likeness (QED) is 0.866. The van der Waals surface area contributed by atoms with Gasteiger partial charge in [0.2, 0.25) is 0 Å². The molecule has 0 spiro atoms. The van der Waals surface area contributed by atoms with E-state index in [-0.39, 0.29) is 5.97 Å². The summed E-state index contributed by atoms with van der Waals surface area (Å²) in [6.45, 7) is 7.89. The first kappa shape index (κ1) is 15.8. The normalized spacial score (nSPS) is 26.4. The maximum Gasteiger partial charge on any atom is 0.338 e. The third-order valence-electron chi connectivity index (χ3n) is 4.36. The average molecular weight is 290 g/mol. The van der Waals surface area contributed by atoms with Crippen molar-refractivity contribution in [2.75, 3.05) is 25.5 Å². The van der Waals surface area contributed by atoms with Gasteiger partial charge in [0.05, 0.1) is 12.2 Å². The van der Waals surface area contributed by atoms with Crippen LogP contribution in [0.3, 0.4) is 0 Å². The van der Waals surface area contributed by atoms with Crippen LogP contribution in [0.25, 0.3) is 0 Å². The number of likely N-dealkylation sites (tertiary alicyclic amines) is 1. The summed E-state index contributed by atoms with van der Waals surface area (Å²) in [7, 11) is 2.19. The third kappa shape index (κ3) is 3.97. The molecule has 1 fully saturated rings. The second-order valence-corrected chi connectivity index (χ2v) is 6.05. The molecule has 1 saturated heterocycles. The minimum Gasteiger partial charge on any atom is -0.462 e. The van der Waals surface area contributed by atoms with Crippen LogP contribution in [-0.2, 0) is 4.74 Å². The number of nitrogens with one attached hydrogen (secondary N) is 1. The molecule has 0 aliphatic carbocycles. The predicted molar refractivity (Wildman–Crippen MR) is 85.7 cm³/mol. The Morgan fingerprint density at radius 3 is 2.62 bits per heavy atom. The van der Waals surface area contributed by atoms with Crippen LogP contribution in [0.2, 0.25) is 0 Å². The van der Waals surface area contributed by atoms with Gasteiger partial charge in [-0.15, -0.1) is 0 Å². The number of hydrogen-bond acceptors (Lipinski definition) is 4. The molecule has 3 atom stereocenters. The van der Waals surface area contributed by atoms with Crippen LogP contribution >= 0.6 is 0 Å². The lowest BCUT2D eigenvalue weighted by Crippen LogP contribution is -2.48. The minimum atomic E-state index is -0.259. The standard InChI is InChI=1S/C17H26N2O2/c1-5-21-17(20)14-6-8-15(9-7-14)18-16-10-13(3)19(4)11-12(16)2/h6-9,12-13,16,18H,5,10-11H2,1-4H3. The summed E-state index contributed by atoms with van der Waals surface area (Å²) in [6.07, 6.45) is 1.14. The number of carbonyl (C=O) groups is 1. The molecule has 0 bridgehead atoms. The Bertz CT molecular complexity index is 472. The molecule has 1 aliphatic rings. The van der Waals surface area contributed by atoms with E-state index in [1.54, 1.807) is 0 Å². The summed E-state index contributed by atoms with van der Waals surface area (Å²) < 4.78 is 5.00. The lowest BCUT2D eigenvalue weighted by Gasteiger charge is -2.40. The Hall–Kier alpha value is -1.55. The van der Waals surface area contributed by atoms with Gasteiger partial charge in [-0.3, -0.25) is 0 Å². The molecule has 21 heavy (non-hydrogen) atoms. The smallest absolute Gasteiger partial charge is 0.338 e. The van der Waals surface area contributed by atoms with E-state index in [1.165, 1.54) is 0 Å². The van der Waals surface area contributed by atoms with E-state index < -0.39 is 0 Å². The molecule has 1 aliphatic heterocycles. The van der Waals surface area contributed by atoms with Crippen LogP contribution in [0, 0.1) is 5.92 Å². The first-order chi connectivity index (χ1) is 10.0. The van der Waals surface area contributed by atoms with Crippen molar-refractivity contribution in [3.63, 3.8) is 0 Å². The fourth-order valence-electron chi connectivity index (χ4n) is 2.87. The second-order valence-electron chi connectivity index (χ2n) is 6.05. The maximum atomic E-state index is 11.6. The fraction of sp³-hybridized carbons (Fsp3) is 0.588. The minimum absolute atomic E-state index is 0.259. The number of nitrogens with zero attached hydrogens (tertiary/aromatic N) is 1. The van der Waals surface area contributed by atoms with Gasteiger partial charge >= 0.3 is 5.97 Å². The molecule has 0 amide bonds. The number of piperidine rings is 1. The van der Waals surface area contributed by atoms with Crippen LogP contribution in [0.1, 0.15) is 37.6 Å². The molecule has 1 heterocycles. The lowest BCUT2D eigenvalue weighted by atomic mass is 9.89. The highest BCUT2D eigenvalue weighted by Crippen LogP contribution is 2.24. The number of carbonyl (C=O) groups excluding carboxylic acids is 1. The van der Waals surface area contributed by atoms with Crippen LogP contribution < -0.4 is 5.32 Å². The molecular weight excluding hydrogens is 264 g/mol. The van der Waals surface area contributed by atoms with Gasteiger partial charge in [0.25, 0.3) is 0 Å². The van der Waals surface area contributed by atoms with Crippen LogP contribution in [-0.4, -0.2) is 43.2 Å². The molecule has 1 aromatic carbocycles. The van der Waals surface area contributed by atoms with Crippen molar-refractivity contribution < 1.29 is 9.53 Å². The Morgan fingerprint density at radius 1 is 1.33 bits per heavy atom. The zero-order chi connectivity index (χ0) is 15.4. The van der Waals surface area contributed by atoms with Gasteiger partial charge in [-0.1, -0.05) is 6.92 Å². The van der Waals surface area contributed by atoms with Gasteiger partial charge in [-0.2, -0.15) is 0 Å². The van der Waals surface area contributed by atoms with Crippen molar-refractivity contribution in [3.8, 4) is 0 Å². The number of anilines is 1. The Morgan fingerprint density at radius 2 is 2.00 bits per heavy atom. The Balaban J connectivity index is 1.98. The van der Waals surface area contributed by atoms with Crippen molar-refractivity contribution in [3.05, 3.63) is 29.8 Å². The first-order valence-corrected chi connectivity index (χ1v) is 7.75. The van der Waals surface area contributed by atoms with Crippen molar-refractivity contribution in [2.45, 2.75) is 39.3 Å². The molecule has 4 heteroatoms. The molecule has 1 N–H and O–H groups in total. The fourth-order valence-corrected chi connectivity index (χ4v) is 2.87. The van der Waals surface area contributed by atoms with Crippen molar-refractivity contribution >= 4 is 11.7 Å². The van der Waals surface area contributed by atoms with E-state index in [4.69, 9.17) is 4.74 Å². The predicted octanol–water partition coefficient (Wildman–Crippen LogP) is 3.00. The van der Waals surface area contributed by atoms with E-state index >= 15 is 0 Å². The maximum absolute atomic E-state index is 11.6. The number of benzene rings is 1. The summed E-state index contributed by atoms with van der Waals surface area (Å²) in [5.74, 6) is 0.348. The number of rotatable bonds is 4. The lowest BCUT2D eigenvalue weighted by molar-refractivity contribution is 0.0526. The number of ether oxygens (including phenoxy) is 1. The molecule has 0 saturated carbocycles. The first-order valence-electron chi connectivity index (χ1n) is 7.75. The molecule has 2 rings (SSSR count). The number of hydrogen-bond donors (Lipinski definition) is 1. The Labute approximate surface area is 127 Å². The van der Waals surface area contributed by atoms with E-state index in [2.05, 4.69) is 31.1 Å². The van der Waals surface area contributed by atoms with Crippen LogP contribution in [0.15, 0.2) is 24.3 Å². The molecule has 4 nitrogen and oxygen atoms in total. The molecular formula is C17H26N2O2. The van der Waals surface area contributed by atoms with Crippen molar-refractivity contribution in [2.24, 2.45) is 5.92 Å². The molecule has 0 radical (unpaired) electrons. The third-order valence-corrected chi connectivity index (χ3v) is 4.36. The van der Waals surface area contributed by atoms with E-state index in [9.17, 15) is 4.79 Å². The summed E-state index contributed by atoms with van der Waals surface area (Å²) in [6, 6.07) is 8.64. The monoisotopic (exact) mass is 290 g/mol. The van der Waals surface area contributed by atoms with Gasteiger partial charge in [-0.05, 0) is 57.5 Å². The molecule has 116 valence electrons. The highest BCUT2D eigenvalue weighted by atomic mass is 16.5. The SMILES string of the molecule is CCOC(=O)c1ccc(NC2CC(C)N(C)CC2C)cc1. The van der Waals surface area contributed by atoms with Gasteiger partial charge in [-0.25, -0.2) is 4.79 Å².